The molecule has 0 bridgehead atoms. The predicted octanol–water partition coefficient (Wildman–Crippen LogP) is 4.51. The minimum Gasteiger partial charge on any atom is -0.456 e. The van der Waals surface area contributed by atoms with Gasteiger partial charge in [0.05, 0.1) is 15.5 Å². The zero-order chi connectivity index (χ0) is 19.3. The second kappa shape index (κ2) is 5.96. The van der Waals surface area contributed by atoms with Crippen molar-refractivity contribution in [1.29, 1.82) is 5.26 Å². The number of carbonyl (C=O) groups is 1. The van der Waals surface area contributed by atoms with Crippen LogP contribution in [0.2, 0.25) is 5.02 Å². The van der Waals surface area contributed by atoms with E-state index in [1.54, 1.807) is 0 Å². The summed E-state index contributed by atoms with van der Waals surface area (Å²) in [4.78, 5) is 11.3. The number of ether oxygens (including phenoxy) is 1. The first kappa shape index (κ1) is 18.2. The third kappa shape index (κ3) is 2.51. The van der Waals surface area contributed by atoms with Gasteiger partial charge in [-0.05, 0) is 12.1 Å². The SMILES string of the molecule is N#CN=S1(=O)c2ccc(Oc3cc(F)cc(F)c3)c(Cl)c2C(=O)C1(F)F. The molecule has 0 amide bonds. The van der Waals surface area contributed by atoms with Gasteiger partial charge in [-0.25, -0.2) is 13.0 Å². The van der Waals surface area contributed by atoms with Crippen LogP contribution in [-0.2, 0) is 9.73 Å². The number of halogens is 5. The monoisotopic (exact) mass is 404 g/mol. The average molecular weight is 405 g/mol. The lowest BCUT2D eigenvalue weighted by Crippen LogP contribution is -2.30. The molecule has 0 N–H and O–H groups in total. The summed E-state index contributed by atoms with van der Waals surface area (Å²) in [5, 5.41) is 3.43. The van der Waals surface area contributed by atoms with Crippen LogP contribution in [0, 0.1) is 23.1 Å². The Kier molecular flexibility index (Phi) is 4.17. The Hall–Kier alpha value is -2.64. The maximum atomic E-state index is 14.1. The van der Waals surface area contributed by atoms with Crippen molar-refractivity contribution in [2.45, 2.75) is 10.2 Å². The van der Waals surface area contributed by atoms with E-state index < -0.39 is 47.9 Å². The first-order valence-electron chi connectivity index (χ1n) is 6.65. The molecule has 0 radical (unpaired) electrons. The number of carbonyl (C=O) groups excluding carboxylic acids is 1. The van der Waals surface area contributed by atoms with Crippen molar-refractivity contribution in [2.24, 2.45) is 4.36 Å². The van der Waals surface area contributed by atoms with E-state index in [9.17, 15) is 26.6 Å². The van der Waals surface area contributed by atoms with Crippen molar-refractivity contribution >= 4 is 27.1 Å². The molecule has 0 saturated heterocycles. The van der Waals surface area contributed by atoms with E-state index in [1.165, 1.54) is 0 Å². The van der Waals surface area contributed by atoms with Crippen molar-refractivity contribution in [3.05, 3.63) is 52.6 Å². The maximum Gasteiger partial charge on any atom is 0.395 e. The van der Waals surface area contributed by atoms with Crippen molar-refractivity contribution < 1.29 is 31.3 Å². The summed E-state index contributed by atoms with van der Waals surface area (Å²) in [6.07, 6.45) is 1.01. The highest BCUT2D eigenvalue weighted by Gasteiger charge is 2.60. The molecule has 26 heavy (non-hydrogen) atoms. The van der Waals surface area contributed by atoms with E-state index in [2.05, 4.69) is 4.36 Å². The number of benzene rings is 2. The quantitative estimate of drug-likeness (QED) is 0.545. The standard InChI is InChI=1S/C15H5ClF4N2O3S/c16-13-10(25-9-4-7(17)3-8(18)5-9)1-2-11-12(13)14(23)15(19,20)26(11,24)22-6-21/h1-5H. The smallest absolute Gasteiger partial charge is 0.395 e. The van der Waals surface area contributed by atoms with E-state index in [4.69, 9.17) is 21.6 Å². The summed E-state index contributed by atoms with van der Waals surface area (Å²) in [6.45, 7) is 0. The summed E-state index contributed by atoms with van der Waals surface area (Å²) in [6, 6.07) is 4.01. The van der Waals surface area contributed by atoms with Crippen LogP contribution in [0.15, 0.2) is 39.6 Å². The molecular formula is C15H5ClF4N2O3S. The highest BCUT2D eigenvalue weighted by molar-refractivity contribution is 7.96. The number of nitrogens with zero attached hydrogens (tertiary/aromatic N) is 2. The molecule has 2 aromatic rings. The van der Waals surface area contributed by atoms with Crippen LogP contribution in [0.25, 0.3) is 0 Å². The molecular weight excluding hydrogens is 400 g/mol. The fourth-order valence-corrected chi connectivity index (χ4v) is 4.37. The Bertz CT molecular complexity index is 1100. The number of rotatable bonds is 2. The molecule has 1 heterocycles. The summed E-state index contributed by atoms with van der Waals surface area (Å²) in [7, 11) is -4.70. The number of hydrogen-bond donors (Lipinski definition) is 0. The van der Waals surface area contributed by atoms with Crippen LogP contribution < -0.4 is 4.74 Å². The zero-order valence-electron chi connectivity index (χ0n) is 12.3. The summed E-state index contributed by atoms with van der Waals surface area (Å²) in [5.74, 6) is -4.53. The molecule has 3 rings (SSSR count). The Morgan fingerprint density at radius 1 is 1.19 bits per heavy atom. The highest BCUT2D eigenvalue weighted by atomic mass is 35.5. The van der Waals surface area contributed by atoms with E-state index in [0.717, 1.165) is 30.5 Å². The van der Waals surface area contributed by atoms with Gasteiger partial charge in [-0.2, -0.15) is 14.0 Å². The van der Waals surface area contributed by atoms with Crippen molar-refractivity contribution in [3.63, 3.8) is 0 Å². The molecule has 0 aromatic heterocycles. The molecule has 1 aliphatic rings. The van der Waals surface area contributed by atoms with Crippen LogP contribution >= 0.6 is 11.6 Å². The number of fused-ring (bicyclic) bond motifs is 1. The normalized spacial score (nSPS) is 20.4. The van der Waals surface area contributed by atoms with Crippen LogP contribution in [0.4, 0.5) is 17.6 Å². The van der Waals surface area contributed by atoms with Crippen LogP contribution in [0.5, 0.6) is 11.5 Å². The minimum absolute atomic E-state index is 0.344. The zero-order valence-corrected chi connectivity index (χ0v) is 13.9. The lowest BCUT2D eigenvalue weighted by Gasteiger charge is -2.10. The van der Waals surface area contributed by atoms with Gasteiger partial charge < -0.3 is 4.74 Å². The molecule has 1 unspecified atom stereocenters. The van der Waals surface area contributed by atoms with Crippen molar-refractivity contribution in [3.8, 4) is 17.7 Å². The molecule has 2 aromatic carbocycles. The van der Waals surface area contributed by atoms with Gasteiger partial charge in [-0.15, -0.1) is 4.36 Å². The largest absolute Gasteiger partial charge is 0.456 e. The Labute approximate surface area is 148 Å². The van der Waals surface area contributed by atoms with Gasteiger partial charge in [0.15, 0.2) is 9.73 Å². The predicted molar refractivity (Wildman–Crippen MR) is 81.6 cm³/mol. The van der Waals surface area contributed by atoms with Gasteiger partial charge in [0.2, 0.25) is 12.0 Å². The number of ketones is 1. The Balaban J connectivity index is 2.18. The van der Waals surface area contributed by atoms with Gasteiger partial charge in [0, 0.05) is 18.2 Å². The topological polar surface area (TPSA) is 79.5 Å². The molecule has 0 spiro atoms. The highest BCUT2D eigenvalue weighted by Crippen LogP contribution is 2.48. The summed E-state index contributed by atoms with van der Waals surface area (Å²) in [5.41, 5.74) is -0.824. The van der Waals surface area contributed by atoms with Gasteiger partial charge in [0.1, 0.15) is 23.1 Å². The van der Waals surface area contributed by atoms with Crippen LogP contribution in [0.3, 0.4) is 0 Å². The second-order valence-corrected chi connectivity index (χ2v) is 7.59. The summed E-state index contributed by atoms with van der Waals surface area (Å²) < 4.78 is 75.0. The minimum atomic E-state index is -4.70. The molecule has 0 fully saturated rings. The summed E-state index contributed by atoms with van der Waals surface area (Å²) >= 11 is 5.92. The molecule has 0 aliphatic carbocycles. The third-order valence-electron chi connectivity index (χ3n) is 3.44. The average Bonchev–Trinajstić information content (AvgIpc) is 2.68. The lowest BCUT2D eigenvalue weighted by molar-refractivity contribution is 0.0560. The fraction of sp³-hybridized carbons (Fsp3) is 0.0667. The van der Waals surface area contributed by atoms with E-state index >= 15 is 0 Å². The van der Waals surface area contributed by atoms with Crippen LogP contribution in [0.1, 0.15) is 10.4 Å². The third-order valence-corrected chi connectivity index (χ3v) is 5.97. The van der Waals surface area contributed by atoms with Gasteiger partial charge in [-0.1, -0.05) is 11.6 Å². The van der Waals surface area contributed by atoms with E-state index in [-0.39, 0.29) is 11.5 Å². The number of hydrogen-bond acceptors (Lipinski definition) is 5. The molecule has 11 heteroatoms. The van der Waals surface area contributed by atoms with E-state index in [0.29, 0.717) is 6.07 Å². The van der Waals surface area contributed by atoms with Gasteiger partial charge in [0.25, 0.3) is 0 Å². The van der Waals surface area contributed by atoms with Gasteiger partial charge in [-0.3, -0.25) is 4.79 Å². The first-order chi connectivity index (χ1) is 12.1. The first-order valence-corrected chi connectivity index (χ1v) is 8.55. The molecule has 1 aliphatic heterocycles. The van der Waals surface area contributed by atoms with Crippen molar-refractivity contribution in [1.82, 2.24) is 0 Å². The molecule has 1 atom stereocenters. The Morgan fingerprint density at radius 2 is 1.81 bits per heavy atom. The number of Topliss-reactive ketones (excluding diaryl/α,β-unsaturated/α-hetero) is 1. The van der Waals surface area contributed by atoms with Gasteiger partial charge >= 0.3 is 5.25 Å². The number of nitriles is 1. The molecule has 0 saturated carbocycles. The maximum absolute atomic E-state index is 14.1. The molecule has 134 valence electrons. The molecule has 5 nitrogen and oxygen atoms in total. The van der Waals surface area contributed by atoms with E-state index in [1.807, 2.05) is 0 Å². The lowest BCUT2D eigenvalue weighted by atomic mass is 10.1. The fourth-order valence-electron chi connectivity index (χ4n) is 2.35. The van der Waals surface area contributed by atoms with Crippen LogP contribution in [-0.4, -0.2) is 15.2 Å². The Morgan fingerprint density at radius 3 is 2.38 bits per heavy atom. The number of alkyl halides is 2. The van der Waals surface area contributed by atoms with Crippen molar-refractivity contribution in [2.75, 3.05) is 0 Å². The second-order valence-electron chi connectivity index (χ2n) is 5.02.